The number of rotatable bonds is 2. The normalized spacial score (nSPS) is 16.4. The Morgan fingerprint density at radius 3 is 2.08 bits per heavy atom. The van der Waals surface area contributed by atoms with Gasteiger partial charge in [0.1, 0.15) is 6.54 Å². The lowest BCUT2D eigenvalue weighted by Gasteiger charge is -2.37. The molecule has 2 rings (SSSR count). The fourth-order valence-corrected chi connectivity index (χ4v) is 2.47. The van der Waals surface area contributed by atoms with Crippen molar-refractivity contribution in [3.05, 3.63) is 18.0 Å². The molecule has 6 nitrogen and oxygen atoms in total. The van der Waals surface area contributed by atoms with Crippen LogP contribution in [0.5, 0.6) is 0 Å². The molecule has 0 bridgehead atoms. The first-order chi connectivity index (χ1) is 11.0. The van der Waals surface area contributed by atoms with Gasteiger partial charge >= 0.3 is 6.18 Å². The van der Waals surface area contributed by atoms with Gasteiger partial charge in [0.25, 0.3) is 0 Å². The molecule has 0 unspecified atom stereocenters. The van der Waals surface area contributed by atoms with Gasteiger partial charge in [0.15, 0.2) is 5.69 Å². The highest BCUT2D eigenvalue weighted by molar-refractivity contribution is 5.82. The van der Waals surface area contributed by atoms with E-state index in [2.05, 4.69) is 5.10 Å². The van der Waals surface area contributed by atoms with E-state index in [0.29, 0.717) is 26.2 Å². The number of carbonyl (C=O) groups excluding carboxylic acids is 2. The molecule has 1 saturated heterocycles. The van der Waals surface area contributed by atoms with Crippen molar-refractivity contribution in [2.24, 2.45) is 5.41 Å². The van der Waals surface area contributed by atoms with Crippen LogP contribution in [0.2, 0.25) is 0 Å². The molecule has 1 aliphatic rings. The van der Waals surface area contributed by atoms with E-state index in [-0.39, 0.29) is 18.4 Å². The van der Waals surface area contributed by atoms with Crippen LogP contribution in [0.1, 0.15) is 26.5 Å². The average molecular weight is 346 g/mol. The molecule has 1 aromatic rings. The minimum Gasteiger partial charge on any atom is -0.339 e. The first kappa shape index (κ1) is 18.3. The highest BCUT2D eigenvalue weighted by Gasteiger charge is 2.34. The number of piperazine rings is 1. The molecule has 2 heterocycles. The van der Waals surface area contributed by atoms with Gasteiger partial charge in [0.05, 0.1) is 0 Å². The van der Waals surface area contributed by atoms with E-state index in [9.17, 15) is 22.8 Å². The number of nitrogens with zero attached hydrogens (tertiary/aromatic N) is 4. The van der Waals surface area contributed by atoms with Crippen molar-refractivity contribution in [2.45, 2.75) is 33.5 Å². The van der Waals surface area contributed by atoms with Gasteiger partial charge in [-0.05, 0) is 6.07 Å². The summed E-state index contributed by atoms with van der Waals surface area (Å²) in [6.45, 7) is 6.85. The molecule has 0 atom stereocenters. The molecular formula is C15H21F3N4O2. The first-order valence-electron chi connectivity index (χ1n) is 7.66. The third kappa shape index (κ3) is 4.27. The molecule has 0 N–H and O–H groups in total. The summed E-state index contributed by atoms with van der Waals surface area (Å²) in [7, 11) is 0. The molecule has 1 aliphatic heterocycles. The Morgan fingerprint density at radius 2 is 1.62 bits per heavy atom. The quantitative estimate of drug-likeness (QED) is 0.818. The standard InChI is InChI=1S/C15H21F3N4O2/c1-14(2,3)13(24)21-8-6-20(7-9-21)12(23)10-22-5-4-11(19-22)15(16,17)18/h4-5H,6-10H2,1-3H3. The van der Waals surface area contributed by atoms with Gasteiger partial charge in [-0.15, -0.1) is 0 Å². The Bertz CT molecular complexity index is 611. The molecule has 1 fully saturated rings. The minimum atomic E-state index is -4.52. The molecular weight excluding hydrogens is 325 g/mol. The number of hydrogen-bond acceptors (Lipinski definition) is 3. The van der Waals surface area contributed by atoms with Crippen molar-refractivity contribution >= 4 is 11.8 Å². The van der Waals surface area contributed by atoms with E-state index < -0.39 is 17.3 Å². The number of halogens is 3. The highest BCUT2D eigenvalue weighted by atomic mass is 19.4. The van der Waals surface area contributed by atoms with Gasteiger partial charge in [-0.25, -0.2) is 0 Å². The zero-order valence-corrected chi connectivity index (χ0v) is 13.9. The second-order valence-electron chi connectivity index (χ2n) is 6.82. The van der Waals surface area contributed by atoms with Crippen LogP contribution in [0.25, 0.3) is 0 Å². The van der Waals surface area contributed by atoms with E-state index in [1.807, 2.05) is 20.8 Å². The van der Waals surface area contributed by atoms with E-state index >= 15 is 0 Å². The van der Waals surface area contributed by atoms with Gasteiger partial charge in [-0.2, -0.15) is 18.3 Å². The van der Waals surface area contributed by atoms with Crippen molar-refractivity contribution in [1.29, 1.82) is 0 Å². The Labute approximate surface area is 138 Å². The lowest BCUT2D eigenvalue weighted by atomic mass is 9.94. The summed E-state index contributed by atoms with van der Waals surface area (Å²) in [6, 6.07) is 0.840. The summed E-state index contributed by atoms with van der Waals surface area (Å²) in [5.41, 5.74) is -1.49. The molecule has 0 saturated carbocycles. The molecule has 0 aliphatic carbocycles. The second-order valence-corrected chi connectivity index (χ2v) is 6.82. The summed E-state index contributed by atoms with van der Waals surface area (Å²) >= 11 is 0. The maximum Gasteiger partial charge on any atom is 0.435 e. The maximum absolute atomic E-state index is 12.5. The molecule has 2 amide bonds. The zero-order valence-electron chi connectivity index (χ0n) is 13.9. The van der Waals surface area contributed by atoms with Crippen LogP contribution in [0.3, 0.4) is 0 Å². The fourth-order valence-electron chi connectivity index (χ4n) is 2.47. The van der Waals surface area contributed by atoms with Crippen molar-refractivity contribution < 1.29 is 22.8 Å². The summed E-state index contributed by atoms with van der Waals surface area (Å²) in [5, 5.41) is 3.37. The second kappa shape index (κ2) is 6.45. The lowest BCUT2D eigenvalue weighted by Crippen LogP contribution is -2.53. The van der Waals surface area contributed by atoms with Crippen LogP contribution in [-0.4, -0.2) is 57.6 Å². The number of amides is 2. The molecule has 0 radical (unpaired) electrons. The lowest BCUT2D eigenvalue weighted by molar-refractivity contribution is -0.145. The summed E-state index contributed by atoms with van der Waals surface area (Å²) in [4.78, 5) is 27.6. The van der Waals surface area contributed by atoms with Crippen molar-refractivity contribution in [2.75, 3.05) is 26.2 Å². The molecule has 9 heteroatoms. The van der Waals surface area contributed by atoms with Gasteiger partial charge < -0.3 is 9.80 Å². The Balaban J connectivity index is 1.89. The van der Waals surface area contributed by atoms with E-state index in [4.69, 9.17) is 0 Å². The van der Waals surface area contributed by atoms with E-state index in [0.717, 1.165) is 16.9 Å². The highest BCUT2D eigenvalue weighted by Crippen LogP contribution is 2.27. The van der Waals surface area contributed by atoms with Gasteiger partial charge in [0, 0.05) is 37.8 Å². The predicted octanol–water partition coefficient (Wildman–Crippen LogP) is 1.62. The average Bonchev–Trinajstić information content (AvgIpc) is 2.94. The number of hydrogen-bond donors (Lipinski definition) is 0. The number of carbonyl (C=O) groups is 2. The third-order valence-electron chi connectivity index (χ3n) is 3.79. The third-order valence-corrected chi connectivity index (χ3v) is 3.79. The van der Waals surface area contributed by atoms with E-state index in [1.54, 1.807) is 9.80 Å². The maximum atomic E-state index is 12.5. The smallest absolute Gasteiger partial charge is 0.339 e. The monoisotopic (exact) mass is 346 g/mol. The Morgan fingerprint density at radius 1 is 1.08 bits per heavy atom. The van der Waals surface area contributed by atoms with Crippen molar-refractivity contribution in [1.82, 2.24) is 19.6 Å². The topological polar surface area (TPSA) is 58.4 Å². The molecule has 24 heavy (non-hydrogen) atoms. The molecule has 134 valence electrons. The Hall–Kier alpha value is -2.06. The predicted molar refractivity (Wildman–Crippen MR) is 79.8 cm³/mol. The summed E-state index contributed by atoms with van der Waals surface area (Å²) in [5.74, 6) is -0.286. The van der Waals surface area contributed by atoms with Crippen LogP contribution in [0, 0.1) is 5.41 Å². The number of alkyl halides is 3. The molecule has 1 aromatic heterocycles. The van der Waals surface area contributed by atoms with Crippen molar-refractivity contribution in [3.8, 4) is 0 Å². The van der Waals surface area contributed by atoms with Crippen molar-refractivity contribution in [3.63, 3.8) is 0 Å². The van der Waals surface area contributed by atoms with Gasteiger partial charge in [-0.1, -0.05) is 20.8 Å². The zero-order chi connectivity index (χ0) is 18.1. The van der Waals surface area contributed by atoms with Crippen LogP contribution >= 0.6 is 0 Å². The van der Waals surface area contributed by atoms with Gasteiger partial charge in [-0.3, -0.25) is 14.3 Å². The van der Waals surface area contributed by atoms with Gasteiger partial charge in [0.2, 0.25) is 11.8 Å². The minimum absolute atomic E-state index is 0.0245. The fraction of sp³-hybridized carbons (Fsp3) is 0.667. The van der Waals surface area contributed by atoms with Crippen LogP contribution in [0.15, 0.2) is 12.3 Å². The van der Waals surface area contributed by atoms with Crippen LogP contribution < -0.4 is 0 Å². The Kier molecular flexibility index (Phi) is 4.91. The largest absolute Gasteiger partial charge is 0.435 e. The summed E-state index contributed by atoms with van der Waals surface area (Å²) < 4.78 is 38.5. The number of aromatic nitrogens is 2. The van der Waals surface area contributed by atoms with Crippen LogP contribution in [0.4, 0.5) is 13.2 Å². The molecule has 0 spiro atoms. The molecule has 0 aromatic carbocycles. The summed E-state index contributed by atoms with van der Waals surface area (Å²) in [6.07, 6.45) is -3.38. The van der Waals surface area contributed by atoms with Crippen LogP contribution in [-0.2, 0) is 22.3 Å². The first-order valence-corrected chi connectivity index (χ1v) is 7.66. The van der Waals surface area contributed by atoms with E-state index in [1.165, 1.54) is 0 Å². The SMILES string of the molecule is CC(C)(C)C(=O)N1CCN(C(=O)Cn2ccc(C(F)(F)F)n2)CC1.